The van der Waals surface area contributed by atoms with Gasteiger partial charge in [0.15, 0.2) is 5.82 Å². The number of aromatic nitrogens is 3. The maximum atomic E-state index is 5.09. The van der Waals surface area contributed by atoms with Crippen molar-refractivity contribution in [3.8, 4) is 67.3 Å². The number of benzene rings is 9. The van der Waals surface area contributed by atoms with E-state index in [-0.39, 0.29) is 0 Å². The van der Waals surface area contributed by atoms with Gasteiger partial charge in [-0.1, -0.05) is 182 Å². The number of hydrogen-bond acceptors (Lipinski definition) is 3. The summed E-state index contributed by atoms with van der Waals surface area (Å²) in [6, 6.07) is 73.3. The van der Waals surface area contributed by atoms with E-state index in [1.165, 1.54) is 49.0 Å². The number of para-hydroxylation sites is 1. The lowest BCUT2D eigenvalue weighted by molar-refractivity contribution is 1.18. The van der Waals surface area contributed by atoms with Crippen molar-refractivity contribution in [2.45, 2.75) is 0 Å². The molecule has 0 atom stereocenters. The molecule has 0 N–H and O–H groups in total. The van der Waals surface area contributed by atoms with E-state index in [1.54, 1.807) is 0 Å². The van der Waals surface area contributed by atoms with Gasteiger partial charge in [0.2, 0.25) is 0 Å². The topological polar surface area (TPSA) is 38.7 Å². The average molecular weight is 738 g/mol. The fraction of sp³-hybridized carbons (Fsp3) is 0. The first-order chi connectivity index (χ1) is 28.7. The summed E-state index contributed by atoms with van der Waals surface area (Å²) in [5, 5.41) is 8.88. The minimum Gasteiger partial charge on any atom is -0.256 e. The standard InChI is InChI=1S/C55H35N3/c1-2-10-42(11-3-1)55-57-53(35-54(58-55)41-28-24-39(25-29-41)44-32-33-56-52-17-9-8-16-50(44)52)40-26-22-37(23-27-40)36-18-20-38(21-19-36)43-30-31-49-47-14-5-4-12-45(47)46-13-6-7-15-48(46)51(49)34-43/h1-35H. The summed E-state index contributed by atoms with van der Waals surface area (Å²) >= 11 is 0. The van der Waals surface area contributed by atoms with Crippen LogP contribution in [0.3, 0.4) is 0 Å². The van der Waals surface area contributed by atoms with Crippen molar-refractivity contribution in [3.63, 3.8) is 0 Å². The third-order valence-corrected chi connectivity index (χ3v) is 11.4. The Morgan fingerprint density at radius 3 is 1.28 bits per heavy atom. The van der Waals surface area contributed by atoms with Gasteiger partial charge in [0.05, 0.1) is 16.9 Å². The Labute approximate surface area is 336 Å². The van der Waals surface area contributed by atoms with Gasteiger partial charge in [-0.15, -0.1) is 0 Å². The van der Waals surface area contributed by atoms with E-state index in [4.69, 9.17) is 9.97 Å². The molecular formula is C55H35N3. The first-order valence-electron chi connectivity index (χ1n) is 19.7. The Morgan fingerprint density at radius 2 is 0.690 bits per heavy atom. The van der Waals surface area contributed by atoms with Crippen molar-refractivity contribution in [2.24, 2.45) is 0 Å². The predicted octanol–water partition coefficient (Wildman–Crippen LogP) is 14.5. The molecule has 2 heterocycles. The van der Waals surface area contributed by atoms with Crippen LogP contribution in [0.15, 0.2) is 212 Å². The molecular weight excluding hydrogens is 703 g/mol. The van der Waals surface area contributed by atoms with Gasteiger partial charge < -0.3 is 0 Å². The van der Waals surface area contributed by atoms with Crippen molar-refractivity contribution in [1.29, 1.82) is 0 Å². The molecule has 9 aromatic carbocycles. The molecule has 3 heteroatoms. The number of pyridine rings is 1. The fourth-order valence-corrected chi connectivity index (χ4v) is 8.40. The Bertz CT molecular complexity index is 3260. The van der Waals surface area contributed by atoms with Crippen LogP contribution in [0.2, 0.25) is 0 Å². The molecule has 0 spiro atoms. The monoisotopic (exact) mass is 737 g/mol. The Balaban J connectivity index is 0.908. The first-order valence-corrected chi connectivity index (χ1v) is 19.7. The van der Waals surface area contributed by atoms with Gasteiger partial charge in [-0.05, 0) is 90.0 Å². The molecule has 0 saturated carbocycles. The van der Waals surface area contributed by atoms with Gasteiger partial charge in [0, 0.05) is 28.3 Å². The lowest BCUT2D eigenvalue weighted by Gasteiger charge is -2.12. The highest BCUT2D eigenvalue weighted by Gasteiger charge is 2.13. The molecule has 0 radical (unpaired) electrons. The summed E-state index contributed by atoms with van der Waals surface area (Å²) in [5.41, 5.74) is 12.8. The van der Waals surface area contributed by atoms with E-state index in [0.29, 0.717) is 5.82 Å². The number of fused-ring (bicyclic) bond motifs is 7. The summed E-state index contributed by atoms with van der Waals surface area (Å²) in [6.45, 7) is 0. The van der Waals surface area contributed by atoms with Crippen molar-refractivity contribution in [2.75, 3.05) is 0 Å². The van der Waals surface area contributed by atoms with E-state index < -0.39 is 0 Å². The van der Waals surface area contributed by atoms with Crippen molar-refractivity contribution >= 4 is 43.2 Å². The molecule has 0 aliphatic carbocycles. The van der Waals surface area contributed by atoms with Crippen molar-refractivity contribution in [3.05, 3.63) is 212 Å². The van der Waals surface area contributed by atoms with Crippen LogP contribution in [0.4, 0.5) is 0 Å². The second kappa shape index (κ2) is 14.1. The van der Waals surface area contributed by atoms with Crippen LogP contribution < -0.4 is 0 Å². The smallest absolute Gasteiger partial charge is 0.160 e. The minimum absolute atomic E-state index is 0.701. The molecule has 0 unspecified atom stereocenters. The lowest BCUT2D eigenvalue weighted by atomic mass is 9.92. The lowest BCUT2D eigenvalue weighted by Crippen LogP contribution is -1.96. The van der Waals surface area contributed by atoms with Gasteiger partial charge in [-0.2, -0.15) is 0 Å². The van der Waals surface area contributed by atoms with Crippen molar-refractivity contribution < 1.29 is 0 Å². The van der Waals surface area contributed by atoms with Crippen LogP contribution in [-0.4, -0.2) is 15.0 Å². The minimum atomic E-state index is 0.701. The Morgan fingerprint density at radius 1 is 0.259 bits per heavy atom. The third-order valence-electron chi connectivity index (χ3n) is 11.4. The fourth-order valence-electron chi connectivity index (χ4n) is 8.40. The molecule has 11 rings (SSSR count). The number of nitrogens with zero attached hydrogens (tertiary/aromatic N) is 3. The maximum Gasteiger partial charge on any atom is 0.160 e. The maximum absolute atomic E-state index is 5.09. The molecule has 0 fully saturated rings. The molecule has 11 aromatic rings. The predicted molar refractivity (Wildman–Crippen MR) is 242 cm³/mol. The first kappa shape index (κ1) is 33.6. The number of rotatable bonds is 6. The van der Waals surface area contributed by atoms with Gasteiger partial charge in [0.25, 0.3) is 0 Å². The van der Waals surface area contributed by atoms with Gasteiger partial charge in [0.1, 0.15) is 0 Å². The largest absolute Gasteiger partial charge is 0.256 e. The highest BCUT2D eigenvalue weighted by molar-refractivity contribution is 6.25. The highest BCUT2D eigenvalue weighted by atomic mass is 14.9. The second-order valence-electron chi connectivity index (χ2n) is 14.8. The van der Waals surface area contributed by atoms with E-state index in [0.717, 1.165) is 55.7 Å². The highest BCUT2D eigenvalue weighted by Crippen LogP contribution is 2.38. The zero-order chi connectivity index (χ0) is 38.4. The van der Waals surface area contributed by atoms with Crippen LogP contribution >= 0.6 is 0 Å². The zero-order valence-corrected chi connectivity index (χ0v) is 31.5. The average Bonchev–Trinajstić information content (AvgIpc) is 3.31. The molecule has 0 aliphatic rings. The van der Waals surface area contributed by atoms with Crippen LogP contribution in [-0.2, 0) is 0 Å². The van der Waals surface area contributed by atoms with E-state index in [2.05, 4.69) is 187 Å². The summed E-state index contributed by atoms with van der Waals surface area (Å²) in [5.74, 6) is 0.701. The molecule has 0 bridgehead atoms. The molecule has 270 valence electrons. The summed E-state index contributed by atoms with van der Waals surface area (Å²) in [7, 11) is 0. The number of hydrogen-bond donors (Lipinski definition) is 0. The van der Waals surface area contributed by atoms with Crippen LogP contribution in [0.25, 0.3) is 111 Å². The van der Waals surface area contributed by atoms with Gasteiger partial charge in [-0.3, -0.25) is 4.98 Å². The summed E-state index contributed by atoms with van der Waals surface area (Å²) in [4.78, 5) is 14.7. The molecule has 2 aromatic heterocycles. The van der Waals surface area contributed by atoms with E-state index in [1.807, 2.05) is 30.5 Å². The van der Waals surface area contributed by atoms with Gasteiger partial charge in [-0.25, -0.2) is 9.97 Å². The quantitative estimate of drug-likeness (QED) is 0.160. The van der Waals surface area contributed by atoms with E-state index in [9.17, 15) is 0 Å². The molecule has 3 nitrogen and oxygen atoms in total. The molecule has 0 aliphatic heterocycles. The van der Waals surface area contributed by atoms with Gasteiger partial charge >= 0.3 is 0 Å². The second-order valence-corrected chi connectivity index (χ2v) is 14.8. The molecule has 0 saturated heterocycles. The summed E-state index contributed by atoms with van der Waals surface area (Å²) < 4.78 is 0. The molecule has 0 amide bonds. The SMILES string of the molecule is c1ccc(-c2nc(-c3ccc(-c4ccc(-c5ccc6c7ccccc7c7ccccc7c6c5)cc4)cc3)cc(-c3ccc(-c4ccnc5ccccc45)cc3)n2)cc1. The van der Waals surface area contributed by atoms with Crippen LogP contribution in [0, 0.1) is 0 Å². The van der Waals surface area contributed by atoms with Crippen LogP contribution in [0.5, 0.6) is 0 Å². The Hall–Kier alpha value is -7.75. The van der Waals surface area contributed by atoms with Crippen molar-refractivity contribution in [1.82, 2.24) is 15.0 Å². The normalized spacial score (nSPS) is 11.4. The van der Waals surface area contributed by atoms with Crippen LogP contribution in [0.1, 0.15) is 0 Å². The van der Waals surface area contributed by atoms with E-state index >= 15 is 0 Å². The Kier molecular flexibility index (Phi) is 8.15. The third kappa shape index (κ3) is 5.98. The molecule has 58 heavy (non-hydrogen) atoms. The zero-order valence-electron chi connectivity index (χ0n) is 31.5. The summed E-state index contributed by atoms with van der Waals surface area (Å²) in [6.07, 6.45) is 1.88.